The molecule has 1 aromatic carbocycles. The van der Waals surface area contributed by atoms with E-state index in [1.165, 1.54) is 0 Å². The van der Waals surface area contributed by atoms with Crippen molar-refractivity contribution in [2.24, 2.45) is 0 Å². The normalized spacial score (nSPS) is 9.80. The van der Waals surface area contributed by atoms with Gasteiger partial charge in [0, 0.05) is 11.4 Å². The van der Waals surface area contributed by atoms with E-state index in [9.17, 15) is 4.79 Å². The van der Waals surface area contributed by atoms with Crippen LogP contribution in [0.25, 0.3) is 0 Å². The van der Waals surface area contributed by atoms with E-state index >= 15 is 0 Å². The van der Waals surface area contributed by atoms with Gasteiger partial charge in [-0.25, -0.2) is 4.79 Å². The van der Waals surface area contributed by atoms with Gasteiger partial charge in [0.05, 0.1) is 6.61 Å². The average molecular weight is 208 g/mol. The van der Waals surface area contributed by atoms with Crippen LogP contribution in [0.5, 0.6) is 0 Å². The van der Waals surface area contributed by atoms with Crippen molar-refractivity contribution in [3.8, 4) is 0 Å². The number of carbonyl (C=O) groups is 1. The SMILES string of the molecule is CCOC(=O)Nc1cc(N)c(C)cc1C. The van der Waals surface area contributed by atoms with Crippen LogP contribution in [0.15, 0.2) is 12.1 Å². The first-order valence-corrected chi connectivity index (χ1v) is 4.85. The van der Waals surface area contributed by atoms with Gasteiger partial charge in [0.1, 0.15) is 0 Å². The highest BCUT2D eigenvalue weighted by molar-refractivity contribution is 5.86. The summed E-state index contributed by atoms with van der Waals surface area (Å²) < 4.78 is 4.78. The molecule has 0 bridgehead atoms. The maximum absolute atomic E-state index is 11.2. The number of rotatable bonds is 2. The van der Waals surface area contributed by atoms with Gasteiger partial charge in [0.2, 0.25) is 0 Å². The lowest BCUT2D eigenvalue weighted by atomic mass is 10.1. The summed E-state index contributed by atoms with van der Waals surface area (Å²) in [6.07, 6.45) is -0.455. The zero-order valence-electron chi connectivity index (χ0n) is 9.26. The molecule has 3 N–H and O–H groups in total. The number of anilines is 2. The minimum Gasteiger partial charge on any atom is -0.450 e. The molecule has 0 aliphatic carbocycles. The molecule has 0 atom stereocenters. The molecule has 0 unspecified atom stereocenters. The lowest BCUT2D eigenvalue weighted by Gasteiger charge is -2.10. The molecule has 0 saturated carbocycles. The zero-order chi connectivity index (χ0) is 11.4. The van der Waals surface area contributed by atoms with Crippen LogP contribution >= 0.6 is 0 Å². The van der Waals surface area contributed by atoms with Gasteiger partial charge in [-0.05, 0) is 38.0 Å². The highest BCUT2D eigenvalue weighted by Crippen LogP contribution is 2.22. The standard InChI is InChI=1S/C11H16N2O2/c1-4-15-11(14)13-10-6-9(12)7(2)5-8(10)3/h5-6H,4,12H2,1-3H3,(H,13,14). The number of hydrogen-bond donors (Lipinski definition) is 2. The molecule has 82 valence electrons. The van der Waals surface area contributed by atoms with Gasteiger partial charge in [-0.15, -0.1) is 0 Å². The Kier molecular flexibility index (Phi) is 3.55. The molecule has 0 heterocycles. The summed E-state index contributed by atoms with van der Waals surface area (Å²) in [7, 11) is 0. The van der Waals surface area contributed by atoms with E-state index in [0.29, 0.717) is 18.0 Å². The van der Waals surface area contributed by atoms with E-state index in [1.54, 1.807) is 13.0 Å². The topological polar surface area (TPSA) is 64.3 Å². The summed E-state index contributed by atoms with van der Waals surface area (Å²) in [4.78, 5) is 11.2. The molecule has 0 aromatic heterocycles. The number of nitrogens with one attached hydrogen (secondary N) is 1. The van der Waals surface area contributed by atoms with Crippen molar-refractivity contribution in [2.75, 3.05) is 17.7 Å². The second-order valence-corrected chi connectivity index (χ2v) is 3.37. The van der Waals surface area contributed by atoms with Gasteiger partial charge >= 0.3 is 6.09 Å². The predicted molar refractivity (Wildman–Crippen MR) is 61.0 cm³/mol. The smallest absolute Gasteiger partial charge is 0.411 e. The minimum atomic E-state index is -0.455. The van der Waals surface area contributed by atoms with Crippen LogP contribution in [0.4, 0.5) is 16.2 Å². The summed E-state index contributed by atoms with van der Waals surface area (Å²) in [5.41, 5.74) is 9.07. The Bertz CT molecular complexity index is 375. The fourth-order valence-corrected chi connectivity index (χ4v) is 1.28. The molecular weight excluding hydrogens is 192 g/mol. The van der Waals surface area contributed by atoms with Crippen LogP contribution in [0, 0.1) is 13.8 Å². The quantitative estimate of drug-likeness (QED) is 0.734. The predicted octanol–water partition coefficient (Wildman–Crippen LogP) is 2.45. The first-order chi connectivity index (χ1) is 7.04. The molecule has 1 rings (SSSR count). The van der Waals surface area contributed by atoms with Crippen molar-refractivity contribution in [3.05, 3.63) is 23.3 Å². The summed E-state index contributed by atoms with van der Waals surface area (Å²) in [5.74, 6) is 0. The number of ether oxygens (including phenoxy) is 1. The van der Waals surface area contributed by atoms with E-state index in [1.807, 2.05) is 19.9 Å². The number of carbonyl (C=O) groups excluding carboxylic acids is 1. The second kappa shape index (κ2) is 4.68. The fourth-order valence-electron chi connectivity index (χ4n) is 1.28. The highest BCUT2D eigenvalue weighted by atomic mass is 16.5. The van der Waals surface area contributed by atoms with Crippen molar-refractivity contribution in [1.29, 1.82) is 0 Å². The number of hydrogen-bond acceptors (Lipinski definition) is 3. The van der Waals surface area contributed by atoms with Crippen molar-refractivity contribution in [3.63, 3.8) is 0 Å². The molecule has 0 aliphatic rings. The first kappa shape index (κ1) is 11.4. The van der Waals surface area contributed by atoms with E-state index < -0.39 is 6.09 Å². The number of amides is 1. The van der Waals surface area contributed by atoms with Crippen LogP contribution < -0.4 is 11.1 Å². The Balaban J connectivity index is 2.86. The Labute approximate surface area is 89.4 Å². The first-order valence-electron chi connectivity index (χ1n) is 4.85. The molecule has 1 aromatic rings. The third-order valence-corrected chi connectivity index (χ3v) is 2.13. The molecule has 0 spiro atoms. The van der Waals surface area contributed by atoms with Crippen molar-refractivity contribution >= 4 is 17.5 Å². The van der Waals surface area contributed by atoms with E-state index in [4.69, 9.17) is 10.5 Å². The molecule has 15 heavy (non-hydrogen) atoms. The number of benzene rings is 1. The summed E-state index contributed by atoms with van der Waals surface area (Å²) in [6, 6.07) is 3.67. The fraction of sp³-hybridized carbons (Fsp3) is 0.364. The van der Waals surface area contributed by atoms with Crippen molar-refractivity contribution in [2.45, 2.75) is 20.8 Å². The van der Waals surface area contributed by atoms with Gasteiger partial charge in [0.25, 0.3) is 0 Å². The molecule has 1 amide bonds. The second-order valence-electron chi connectivity index (χ2n) is 3.37. The third kappa shape index (κ3) is 2.87. The van der Waals surface area contributed by atoms with Crippen LogP contribution in [0.2, 0.25) is 0 Å². The number of nitrogen functional groups attached to an aromatic ring is 1. The van der Waals surface area contributed by atoms with Gasteiger partial charge in [-0.2, -0.15) is 0 Å². The van der Waals surface area contributed by atoms with Crippen molar-refractivity contribution < 1.29 is 9.53 Å². The molecular formula is C11H16N2O2. The summed E-state index contributed by atoms with van der Waals surface area (Å²) in [5, 5.41) is 2.64. The van der Waals surface area contributed by atoms with Crippen molar-refractivity contribution in [1.82, 2.24) is 0 Å². The number of nitrogens with two attached hydrogens (primary N) is 1. The Morgan fingerprint density at radius 3 is 2.67 bits per heavy atom. The molecule has 0 fully saturated rings. The van der Waals surface area contributed by atoms with Gasteiger partial charge in [0.15, 0.2) is 0 Å². The average Bonchev–Trinajstić information content (AvgIpc) is 2.14. The molecule has 4 nitrogen and oxygen atoms in total. The van der Waals surface area contributed by atoms with Gasteiger partial charge in [-0.3, -0.25) is 5.32 Å². The highest BCUT2D eigenvalue weighted by Gasteiger charge is 2.06. The van der Waals surface area contributed by atoms with E-state index in [2.05, 4.69) is 5.32 Å². The Hall–Kier alpha value is -1.71. The van der Waals surface area contributed by atoms with E-state index in [0.717, 1.165) is 11.1 Å². The maximum atomic E-state index is 11.2. The molecule has 0 saturated heterocycles. The maximum Gasteiger partial charge on any atom is 0.411 e. The third-order valence-electron chi connectivity index (χ3n) is 2.13. The van der Waals surface area contributed by atoms with Crippen LogP contribution in [0.3, 0.4) is 0 Å². The van der Waals surface area contributed by atoms with Crippen LogP contribution in [-0.2, 0) is 4.74 Å². The lowest BCUT2D eigenvalue weighted by molar-refractivity contribution is 0.168. The minimum absolute atomic E-state index is 0.353. The van der Waals surface area contributed by atoms with Crippen LogP contribution in [0.1, 0.15) is 18.1 Å². The Morgan fingerprint density at radius 1 is 1.40 bits per heavy atom. The molecule has 4 heteroatoms. The monoisotopic (exact) mass is 208 g/mol. The zero-order valence-corrected chi connectivity index (χ0v) is 9.26. The van der Waals surface area contributed by atoms with E-state index in [-0.39, 0.29) is 0 Å². The Morgan fingerprint density at radius 2 is 2.07 bits per heavy atom. The van der Waals surface area contributed by atoms with Gasteiger partial charge < -0.3 is 10.5 Å². The summed E-state index contributed by atoms with van der Waals surface area (Å²) in [6.45, 7) is 5.95. The molecule has 0 aliphatic heterocycles. The van der Waals surface area contributed by atoms with Gasteiger partial charge in [-0.1, -0.05) is 6.07 Å². The molecule has 0 radical (unpaired) electrons. The largest absolute Gasteiger partial charge is 0.450 e. The number of aryl methyl sites for hydroxylation is 2. The van der Waals surface area contributed by atoms with Crippen LogP contribution in [-0.4, -0.2) is 12.7 Å². The lowest BCUT2D eigenvalue weighted by Crippen LogP contribution is -2.14. The summed E-state index contributed by atoms with van der Waals surface area (Å²) >= 11 is 0.